The highest BCUT2D eigenvalue weighted by atomic mass is 32.1. The maximum Gasteiger partial charge on any atom is 0.332 e. The standard InChI is InChI=1S/C24H22N2O2S/c1-16-10-12-18(13-11-16)15-26-23-21(19-8-5-9-20(19)29-23)22(27)25(24(26)28)14-17-6-3-2-4-7-17/h2-4,6-7,10-13H,5,8-9,14-15H2,1H3. The number of nitrogens with zero attached hydrogens (tertiary/aromatic N) is 2. The molecule has 2 aromatic heterocycles. The number of aromatic nitrogens is 2. The van der Waals surface area contributed by atoms with E-state index in [2.05, 4.69) is 31.2 Å². The molecule has 5 heteroatoms. The highest BCUT2D eigenvalue weighted by molar-refractivity contribution is 7.18. The monoisotopic (exact) mass is 402 g/mol. The summed E-state index contributed by atoms with van der Waals surface area (Å²) in [5.41, 5.74) is 4.00. The summed E-state index contributed by atoms with van der Waals surface area (Å²) >= 11 is 1.63. The van der Waals surface area contributed by atoms with E-state index in [-0.39, 0.29) is 11.2 Å². The minimum absolute atomic E-state index is 0.145. The Balaban J connectivity index is 1.73. The van der Waals surface area contributed by atoms with Gasteiger partial charge >= 0.3 is 5.69 Å². The number of hydrogen-bond acceptors (Lipinski definition) is 3. The molecule has 0 atom stereocenters. The highest BCUT2D eigenvalue weighted by Crippen LogP contribution is 2.35. The van der Waals surface area contributed by atoms with Gasteiger partial charge in [0.2, 0.25) is 0 Å². The van der Waals surface area contributed by atoms with E-state index in [4.69, 9.17) is 0 Å². The van der Waals surface area contributed by atoms with Gasteiger partial charge in [-0.3, -0.25) is 13.9 Å². The van der Waals surface area contributed by atoms with Gasteiger partial charge in [-0.25, -0.2) is 4.79 Å². The minimum atomic E-state index is -0.230. The van der Waals surface area contributed by atoms with Gasteiger partial charge in [-0.05, 0) is 42.9 Å². The van der Waals surface area contributed by atoms with Gasteiger partial charge in [-0.1, -0.05) is 60.2 Å². The predicted octanol–water partition coefficient (Wildman–Crippen LogP) is 4.12. The number of aryl methyl sites for hydroxylation is 3. The van der Waals surface area contributed by atoms with Crippen LogP contribution in [0.15, 0.2) is 64.2 Å². The van der Waals surface area contributed by atoms with E-state index in [1.165, 1.54) is 15.0 Å². The van der Waals surface area contributed by atoms with E-state index in [1.807, 2.05) is 30.3 Å². The summed E-state index contributed by atoms with van der Waals surface area (Å²) < 4.78 is 3.21. The molecule has 1 aliphatic rings. The van der Waals surface area contributed by atoms with E-state index < -0.39 is 0 Å². The zero-order valence-corrected chi connectivity index (χ0v) is 17.2. The summed E-state index contributed by atoms with van der Waals surface area (Å²) in [4.78, 5) is 28.9. The molecule has 0 amide bonds. The lowest BCUT2D eigenvalue weighted by atomic mass is 10.1. The quantitative estimate of drug-likeness (QED) is 0.515. The SMILES string of the molecule is Cc1ccc(Cn2c(=O)n(Cc3ccccc3)c(=O)c3c4c(sc32)CCC4)cc1. The summed E-state index contributed by atoms with van der Waals surface area (Å²) in [6.07, 6.45) is 3.02. The Morgan fingerprint density at radius 3 is 2.31 bits per heavy atom. The molecule has 1 aliphatic carbocycles. The maximum absolute atomic E-state index is 13.4. The molecule has 0 fully saturated rings. The van der Waals surface area contributed by atoms with Crippen molar-refractivity contribution in [3.8, 4) is 0 Å². The van der Waals surface area contributed by atoms with Crippen LogP contribution < -0.4 is 11.2 Å². The summed E-state index contributed by atoms with van der Waals surface area (Å²) in [5, 5.41) is 0.755. The third-order valence-electron chi connectivity index (χ3n) is 5.71. The first kappa shape index (κ1) is 18.1. The van der Waals surface area contributed by atoms with Gasteiger partial charge in [0.05, 0.1) is 18.5 Å². The average molecular weight is 403 g/mol. The molecule has 0 spiro atoms. The summed E-state index contributed by atoms with van der Waals surface area (Å²) in [6, 6.07) is 18.0. The minimum Gasteiger partial charge on any atom is -0.280 e. The molecule has 146 valence electrons. The first-order valence-corrected chi connectivity index (χ1v) is 10.8. The Kier molecular flexibility index (Phi) is 4.47. The van der Waals surface area contributed by atoms with Crippen molar-refractivity contribution in [2.45, 2.75) is 39.3 Å². The van der Waals surface area contributed by atoms with Crippen molar-refractivity contribution < 1.29 is 0 Å². The fourth-order valence-corrected chi connectivity index (χ4v) is 5.55. The summed E-state index contributed by atoms with van der Waals surface area (Å²) in [7, 11) is 0. The third-order valence-corrected chi connectivity index (χ3v) is 7.03. The molecule has 0 saturated heterocycles. The van der Waals surface area contributed by atoms with Crippen LogP contribution in [0.3, 0.4) is 0 Å². The fourth-order valence-electron chi connectivity index (χ4n) is 4.18. The Bertz CT molecular complexity index is 1310. The van der Waals surface area contributed by atoms with Gasteiger partial charge in [0.15, 0.2) is 0 Å². The third kappa shape index (κ3) is 3.15. The van der Waals surface area contributed by atoms with Gasteiger partial charge in [0.25, 0.3) is 5.56 Å². The second-order valence-electron chi connectivity index (χ2n) is 7.77. The Morgan fingerprint density at radius 2 is 1.55 bits per heavy atom. The van der Waals surface area contributed by atoms with Crippen molar-refractivity contribution >= 4 is 21.6 Å². The van der Waals surface area contributed by atoms with Crippen molar-refractivity contribution in [2.75, 3.05) is 0 Å². The Morgan fingerprint density at radius 1 is 0.862 bits per heavy atom. The number of thiophene rings is 1. The molecule has 5 rings (SSSR count). The molecular weight excluding hydrogens is 380 g/mol. The van der Waals surface area contributed by atoms with Gasteiger partial charge < -0.3 is 0 Å². The van der Waals surface area contributed by atoms with Crippen LogP contribution in [0.2, 0.25) is 0 Å². The highest BCUT2D eigenvalue weighted by Gasteiger charge is 2.24. The molecule has 0 N–H and O–H groups in total. The first-order valence-electron chi connectivity index (χ1n) is 9.99. The topological polar surface area (TPSA) is 44.0 Å². The molecule has 0 aliphatic heterocycles. The smallest absolute Gasteiger partial charge is 0.280 e. The van der Waals surface area contributed by atoms with E-state index in [0.29, 0.717) is 13.1 Å². The summed E-state index contributed by atoms with van der Waals surface area (Å²) in [6.45, 7) is 2.83. The largest absolute Gasteiger partial charge is 0.332 e. The van der Waals surface area contributed by atoms with Crippen molar-refractivity contribution in [3.63, 3.8) is 0 Å². The van der Waals surface area contributed by atoms with Crippen LogP contribution in [0.4, 0.5) is 0 Å². The lowest BCUT2D eigenvalue weighted by Crippen LogP contribution is -2.40. The van der Waals surface area contributed by atoms with Crippen LogP contribution in [-0.4, -0.2) is 9.13 Å². The lowest BCUT2D eigenvalue weighted by molar-refractivity contribution is 0.637. The lowest BCUT2D eigenvalue weighted by Gasteiger charge is -2.13. The molecule has 0 saturated carbocycles. The number of benzene rings is 2. The van der Waals surface area contributed by atoms with Crippen molar-refractivity contribution in [3.05, 3.63) is 103 Å². The number of rotatable bonds is 4. The zero-order valence-electron chi connectivity index (χ0n) is 16.4. The molecule has 29 heavy (non-hydrogen) atoms. The average Bonchev–Trinajstić information content (AvgIpc) is 3.32. The first-order chi connectivity index (χ1) is 14.1. The summed E-state index contributed by atoms with van der Waals surface area (Å²) in [5.74, 6) is 0. The second-order valence-corrected chi connectivity index (χ2v) is 8.85. The molecule has 0 radical (unpaired) electrons. The fraction of sp³-hybridized carbons (Fsp3) is 0.250. The van der Waals surface area contributed by atoms with Gasteiger partial charge in [0.1, 0.15) is 4.83 Å². The van der Waals surface area contributed by atoms with E-state index in [0.717, 1.165) is 46.2 Å². The molecule has 0 bridgehead atoms. The number of hydrogen-bond donors (Lipinski definition) is 0. The van der Waals surface area contributed by atoms with Crippen LogP contribution in [0.5, 0.6) is 0 Å². The predicted molar refractivity (Wildman–Crippen MR) is 118 cm³/mol. The van der Waals surface area contributed by atoms with E-state index in [1.54, 1.807) is 15.9 Å². The Hall–Kier alpha value is -2.92. The van der Waals surface area contributed by atoms with Crippen LogP contribution >= 0.6 is 11.3 Å². The van der Waals surface area contributed by atoms with Crippen LogP contribution in [0.25, 0.3) is 10.2 Å². The molecular formula is C24H22N2O2S. The van der Waals surface area contributed by atoms with Crippen molar-refractivity contribution in [1.29, 1.82) is 0 Å². The van der Waals surface area contributed by atoms with Gasteiger partial charge in [-0.15, -0.1) is 11.3 Å². The Labute approximate surface area is 172 Å². The van der Waals surface area contributed by atoms with E-state index >= 15 is 0 Å². The molecule has 4 aromatic rings. The zero-order chi connectivity index (χ0) is 20.0. The maximum atomic E-state index is 13.4. The van der Waals surface area contributed by atoms with Crippen LogP contribution in [0, 0.1) is 6.92 Å². The molecule has 0 unspecified atom stereocenters. The van der Waals surface area contributed by atoms with Gasteiger partial charge in [0, 0.05) is 4.88 Å². The van der Waals surface area contributed by atoms with Crippen molar-refractivity contribution in [1.82, 2.24) is 9.13 Å². The van der Waals surface area contributed by atoms with Crippen LogP contribution in [0.1, 0.15) is 33.6 Å². The molecule has 4 nitrogen and oxygen atoms in total. The molecule has 2 heterocycles. The number of fused-ring (bicyclic) bond motifs is 3. The van der Waals surface area contributed by atoms with Crippen LogP contribution in [-0.2, 0) is 25.9 Å². The normalized spacial score (nSPS) is 13.1. The molecule has 2 aromatic carbocycles. The van der Waals surface area contributed by atoms with Gasteiger partial charge in [-0.2, -0.15) is 0 Å². The van der Waals surface area contributed by atoms with Crippen molar-refractivity contribution in [2.24, 2.45) is 0 Å². The second kappa shape index (κ2) is 7.16. The van der Waals surface area contributed by atoms with E-state index in [9.17, 15) is 9.59 Å².